The summed E-state index contributed by atoms with van der Waals surface area (Å²) in [6.07, 6.45) is -0.869. The van der Waals surface area contributed by atoms with Crippen molar-refractivity contribution in [3.05, 3.63) is 59.9 Å². The molecule has 1 atom stereocenters. The fraction of sp³-hybridized carbons (Fsp3) is 0.273. The highest BCUT2D eigenvalue weighted by atomic mass is 32.2. The topological polar surface area (TPSA) is 86.5 Å². The molecule has 1 aliphatic heterocycles. The Hall–Kier alpha value is -3.33. The first-order valence-corrected chi connectivity index (χ1v) is 10.7. The minimum Gasteiger partial charge on any atom is -0.475 e. The highest BCUT2D eigenvalue weighted by molar-refractivity contribution is 7.99. The van der Waals surface area contributed by atoms with E-state index in [0.29, 0.717) is 16.6 Å². The van der Waals surface area contributed by atoms with Gasteiger partial charge in [0, 0.05) is 0 Å². The Kier molecular flexibility index (Phi) is 5.94. The third-order valence-electron chi connectivity index (χ3n) is 5.02. The predicted molar refractivity (Wildman–Crippen MR) is 117 cm³/mol. The number of methoxy groups -OCH3 is 1. The van der Waals surface area contributed by atoms with Crippen molar-refractivity contribution >= 4 is 29.3 Å². The van der Waals surface area contributed by atoms with E-state index in [1.807, 2.05) is 48.7 Å². The van der Waals surface area contributed by atoms with Crippen molar-refractivity contribution in [3.63, 3.8) is 0 Å². The molecule has 0 radical (unpaired) electrons. The molecule has 0 aliphatic carbocycles. The van der Waals surface area contributed by atoms with E-state index in [-0.39, 0.29) is 18.2 Å². The molecule has 0 bridgehead atoms. The number of anilines is 1. The SMILES string of the molecule is COC(=O)C1CN(C(=O)CSc2nnc(C)n2-c2ccccc2C)c2ccccc2O1. The van der Waals surface area contributed by atoms with Crippen LogP contribution in [0.3, 0.4) is 0 Å². The van der Waals surface area contributed by atoms with Gasteiger partial charge in [0.1, 0.15) is 11.6 Å². The summed E-state index contributed by atoms with van der Waals surface area (Å²) in [5, 5.41) is 9.08. The zero-order valence-electron chi connectivity index (χ0n) is 17.4. The lowest BCUT2D eigenvalue weighted by Gasteiger charge is -2.33. The van der Waals surface area contributed by atoms with Gasteiger partial charge in [-0.05, 0) is 37.6 Å². The maximum Gasteiger partial charge on any atom is 0.348 e. The Balaban J connectivity index is 1.56. The molecule has 2 heterocycles. The molecule has 0 spiro atoms. The number of ether oxygens (including phenoxy) is 2. The molecule has 4 rings (SSSR count). The summed E-state index contributed by atoms with van der Waals surface area (Å²) in [7, 11) is 1.30. The molecule has 0 saturated heterocycles. The van der Waals surface area contributed by atoms with Crippen molar-refractivity contribution in [2.75, 3.05) is 24.3 Å². The highest BCUT2D eigenvalue weighted by Crippen LogP contribution is 2.34. The number of fused-ring (bicyclic) bond motifs is 1. The predicted octanol–water partition coefficient (Wildman–Crippen LogP) is 2.94. The largest absolute Gasteiger partial charge is 0.475 e. The van der Waals surface area contributed by atoms with Gasteiger partial charge in [0.05, 0.1) is 30.8 Å². The molecule has 1 aromatic heterocycles. The van der Waals surface area contributed by atoms with E-state index < -0.39 is 12.1 Å². The average molecular weight is 439 g/mol. The molecular formula is C22H22N4O4S. The Morgan fingerprint density at radius 1 is 1.10 bits per heavy atom. The van der Waals surface area contributed by atoms with E-state index in [4.69, 9.17) is 9.47 Å². The molecule has 1 aliphatic rings. The van der Waals surface area contributed by atoms with Gasteiger partial charge in [-0.1, -0.05) is 42.1 Å². The third-order valence-corrected chi connectivity index (χ3v) is 5.93. The molecule has 3 aromatic rings. The van der Waals surface area contributed by atoms with Gasteiger partial charge in [-0.25, -0.2) is 4.79 Å². The zero-order valence-corrected chi connectivity index (χ0v) is 18.3. The lowest BCUT2D eigenvalue weighted by molar-refractivity contribution is -0.148. The standard InChI is InChI=1S/C22H22N4O4S/c1-14-8-4-5-9-16(14)26-15(2)23-24-22(26)31-13-20(27)25-12-19(21(28)29-3)30-18-11-7-6-10-17(18)25/h4-11,19H,12-13H2,1-3H3. The van der Waals surface area contributed by atoms with Crippen LogP contribution in [0.2, 0.25) is 0 Å². The van der Waals surface area contributed by atoms with Gasteiger partial charge < -0.3 is 14.4 Å². The molecule has 160 valence electrons. The van der Waals surface area contributed by atoms with E-state index in [9.17, 15) is 9.59 Å². The summed E-state index contributed by atoms with van der Waals surface area (Å²) in [5.41, 5.74) is 2.69. The fourth-order valence-corrected chi connectivity index (χ4v) is 4.32. The second-order valence-electron chi connectivity index (χ2n) is 7.04. The molecule has 2 aromatic carbocycles. The summed E-state index contributed by atoms with van der Waals surface area (Å²) in [6, 6.07) is 15.1. The number of thioether (sulfide) groups is 1. The lowest BCUT2D eigenvalue weighted by atomic mass is 10.2. The number of carbonyl (C=O) groups excluding carboxylic acids is 2. The van der Waals surface area contributed by atoms with Gasteiger partial charge in [-0.3, -0.25) is 9.36 Å². The van der Waals surface area contributed by atoms with Crippen LogP contribution in [0.15, 0.2) is 53.7 Å². The molecule has 8 nitrogen and oxygen atoms in total. The van der Waals surface area contributed by atoms with Crippen LogP contribution < -0.4 is 9.64 Å². The first-order chi connectivity index (χ1) is 15.0. The van der Waals surface area contributed by atoms with Gasteiger partial charge in [0.2, 0.25) is 12.0 Å². The number of para-hydroxylation sites is 3. The van der Waals surface area contributed by atoms with Crippen LogP contribution in [0, 0.1) is 13.8 Å². The lowest BCUT2D eigenvalue weighted by Crippen LogP contribution is -2.48. The van der Waals surface area contributed by atoms with E-state index in [1.165, 1.54) is 18.9 Å². The first-order valence-electron chi connectivity index (χ1n) is 9.74. The van der Waals surface area contributed by atoms with Crippen LogP contribution in [0.25, 0.3) is 5.69 Å². The molecule has 0 fully saturated rings. The van der Waals surface area contributed by atoms with E-state index >= 15 is 0 Å². The summed E-state index contributed by atoms with van der Waals surface area (Å²) in [4.78, 5) is 26.8. The number of aryl methyl sites for hydroxylation is 2. The van der Waals surface area contributed by atoms with Gasteiger partial charge in [-0.2, -0.15) is 0 Å². The normalized spacial score (nSPS) is 15.2. The molecule has 0 saturated carbocycles. The molecule has 0 N–H and O–H groups in total. The molecule has 1 amide bonds. The number of nitrogens with zero attached hydrogens (tertiary/aromatic N) is 4. The Morgan fingerprint density at radius 3 is 2.55 bits per heavy atom. The minimum atomic E-state index is -0.869. The van der Waals surface area contributed by atoms with Gasteiger partial charge in [0.25, 0.3) is 0 Å². The number of esters is 1. The highest BCUT2D eigenvalue weighted by Gasteiger charge is 2.34. The number of hydrogen-bond acceptors (Lipinski definition) is 7. The van der Waals surface area contributed by atoms with Gasteiger partial charge in [0.15, 0.2) is 5.16 Å². The van der Waals surface area contributed by atoms with Crippen molar-refractivity contribution in [2.45, 2.75) is 25.1 Å². The number of rotatable bonds is 5. The van der Waals surface area contributed by atoms with E-state index in [0.717, 1.165) is 17.1 Å². The van der Waals surface area contributed by atoms with Crippen LogP contribution in [0.5, 0.6) is 5.75 Å². The average Bonchev–Trinajstić information content (AvgIpc) is 3.16. The number of amides is 1. The molecule has 9 heteroatoms. The zero-order chi connectivity index (χ0) is 22.0. The number of aromatic nitrogens is 3. The summed E-state index contributed by atoms with van der Waals surface area (Å²) in [5.74, 6) is 0.668. The maximum atomic E-state index is 13.2. The second-order valence-corrected chi connectivity index (χ2v) is 7.98. The first kappa shape index (κ1) is 20.9. The fourth-order valence-electron chi connectivity index (χ4n) is 3.46. The van der Waals surface area contributed by atoms with Crippen LogP contribution in [-0.2, 0) is 14.3 Å². The Bertz CT molecular complexity index is 1130. The molecule has 31 heavy (non-hydrogen) atoms. The van der Waals surface area contributed by atoms with E-state index in [2.05, 4.69) is 10.2 Å². The van der Waals surface area contributed by atoms with Crippen LogP contribution in [0.4, 0.5) is 5.69 Å². The summed E-state index contributed by atoms with van der Waals surface area (Å²) < 4.78 is 12.5. The summed E-state index contributed by atoms with van der Waals surface area (Å²) in [6.45, 7) is 3.99. The quantitative estimate of drug-likeness (QED) is 0.447. The maximum absolute atomic E-state index is 13.2. The smallest absolute Gasteiger partial charge is 0.348 e. The number of benzene rings is 2. The van der Waals surface area contributed by atoms with Crippen molar-refractivity contribution in [1.82, 2.24) is 14.8 Å². The number of hydrogen-bond donors (Lipinski definition) is 0. The van der Waals surface area contributed by atoms with Crippen molar-refractivity contribution < 1.29 is 19.1 Å². The molecule has 1 unspecified atom stereocenters. The molecular weight excluding hydrogens is 416 g/mol. The van der Waals surface area contributed by atoms with E-state index in [1.54, 1.807) is 23.1 Å². The van der Waals surface area contributed by atoms with Crippen LogP contribution in [0.1, 0.15) is 11.4 Å². The van der Waals surface area contributed by atoms with Gasteiger partial charge >= 0.3 is 5.97 Å². The third kappa shape index (κ3) is 4.13. The van der Waals surface area contributed by atoms with Gasteiger partial charge in [-0.15, -0.1) is 10.2 Å². The van der Waals surface area contributed by atoms with Crippen molar-refractivity contribution in [3.8, 4) is 11.4 Å². The van der Waals surface area contributed by atoms with Crippen molar-refractivity contribution in [2.24, 2.45) is 0 Å². The van der Waals surface area contributed by atoms with Crippen molar-refractivity contribution in [1.29, 1.82) is 0 Å². The Labute approximate surface area is 184 Å². The Morgan fingerprint density at radius 2 is 1.81 bits per heavy atom. The number of carbonyl (C=O) groups is 2. The van der Waals surface area contributed by atoms with Crippen LogP contribution in [-0.4, -0.2) is 52.2 Å². The van der Waals surface area contributed by atoms with Crippen LogP contribution >= 0.6 is 11.8 Å². The monoisotopic (exact) mass is 438 g/mol. The minimum absolute atomic E-state index is 0.0899. The summed E-state index contributed by atoms with van der Waals surface area (Å²) >= 11 is 1.30. The second kappa shape index (κ2) is 8.81.